The zero-order chi connectivity index (χ0) is 13.8. The maximum atomic E-state index is 11.8. The van der Waals surface area contributed by atoms with Crippen molar-refractivity contribution in [1.29, 1.82) is 0 Å². The van der Waals surface area contributed by atoms with Crippen LogP contribution in [-0.4, -0.2) is 47.4 Å². The van der Waals surface area contributed by atoms with Crippen LogP contribution in [0.25, 0.3) is 0 Å². The van der Waals surface area contributed by atoms with Crippen LogP contribution in [0.2, 0.25) is 0 Å². The Hall–Kier alpha value is -1.56. The number of carbonyl (C=O) groups excluding carboxylic acids is 1. The predicted octanol–water partition coefficient (Wildman–Crippen LogP) is 1.36. The largest absolute Gasteiger partial charge is 0.335 e. The number of urea groups is 1. The van der Waals surface area contributed by atoms with Crippen LogP contribution in [0.15, 0.2) is 12.3 Å². The molecule has 106 valence electrons. The Morgan fingerprint density at radius 2 is 2.32 bits per heavy atom. The van der Waals surface area contributed by atoms with E-state index in [4.69, 9.17) is 0 Å². The summed E-state index contributed by atoms with van der Waals surface area (Å²) in [5, 5.41) is 10.0. The molecule has 2 N–H and O–H groups in total. The average molecular weight is 265 g/mol. The van der Waals surface area contributed by atoms with Crippen LogP contribution < -0.4 is 10.6 Å². The molecule has 1 aromatic heterocycles. The van der Waals surface area contributed by atoms with Crippen molar-refractivity contribution in [1.82, 2.24) is 20.0 Å². The second kappa shape index (κ2) is 6.06. The maximum Gasteiger partial charge on any atom is 0.320 e. The minimum atomic E-state index is -0.169. The van der Waals surface area contributed by atoms with E-state index in [1.54, 1.807) is 0 Å². The fraction of sp³-hybridized carbons (Fsp3) is 0.692. The normalized spacial score (nSPS) is 16.4. The zero-order valence-corrected chi connectivity index (χ0v) is 11.9. The standard InChI is InChI=1S/C13H23N5O/c1-10(11-4-5-11)14-13(19)15-12-6-7-18(16-12)9-8-17(2)3/h6-7,10-11H,4-5,8-9H2,1-3H3,(H2,14,15,16,19)/t10-/m1/s1. The first-order valence-corrected chi connectivity index (χ1v) is 6.80. The number of nitrogens with zero attached hydrogens (tertiary/aromatic N) is 3. The Labute approximate surface area is 114 Å². The molecule has 1 heterocycles. The van der Waals surface area contributed by atoms with Crippen LogP contribution in [0, 0.1) is 5.92 Å². The quantitative estimate of drug-likeness (QED) is 0.816. The van der Waals surface area contributed by atoms with Crippen molar-refractivity contribution in [3.05, 3.63) is 12.3 Å². The molecule has 1 saturated carbocycles. The molecule has 0 aliphatic heterocycles. The highest BCUT2D eigenvalue weighted by molar-refractivity contribution is 5.88. The molecule has 19 heavy (non-hydrogen) atoms. The third-order valence-electron chi connectivity index (χ3n) is 3.35. The Morgan fingerprint density at radius 3 is 2.95 bits per heavy atom. The molecule has 1 aromatic rings. The summed E-state index contributed by atoms with van der Waals surface area (Å²) in [5.41, 5.74) is 0. The van der Waals surface area contributed by atoms with Crippen molar-refractivity contribution in [2.45, 2.75) is 32.4 Å². The van der Waals surface area contributed by atoms with Crippen molar-refractivity contribution in [3.8, 4) is 0 Å². The second-order valence-corrected chi connectivity index (χ2v) is 5.49. The van der Waals surface area contributed by atoms with E-state index in [0.29, 0.717) is 11.7 Å². The third kappa shape index (κ3) is 4.55. The average Bonchev–Trinajstić information content (AvgIpc) is 3.09. The summed E-state index contributed by atoms with van der Waals surface area (Å²) >= 11 is 0. The molecule has 0 radical (unpaired) electrons. The van der Waals surface area contributed by atoms with E-state index in [9.17, 15) is 4.79 Å². The van der Waals surface area contributed by atoms with E-state index >= 15 is 0 Å². The number of aromatic nitrogens is 2. The Kier molecular flexibility index (Phi) is 4.42. The molecule has 1 fully saturated rings. The number of rotatable bonds is 6. The van der Waals surface area contributed by atoms with Gasteiger partial charge >= 0.3 is 6.03 Å². The maximum absolute atomic E-state index is 11.8. The monoisotopic (exact) mass is 265 g/mol. The molecule has 6 heteroatoms. The molecule has 1 atom stereocenters. The van der Waals surface area contributed by atoms with Crippen molar-refractivity contribution in [2.24, 2.45) is 5.92 Å². The second-order valence-electron chi connectivity index (χ2n) is 5.49. The van der Waals surface area contributed by atoms with Crippen LogP contribution in [0.5, 0.6) is 0 Å². The minimum absolute atomic E-state index is 0.169. The van der Waals surface area contributed by atoms with E-state index in [1.165, 1.54) is 12.8 Å². The van der Waals surface area contributed by atoms with Gasteiger partial charge < -0.3 is 10.2 Å². The molecule has 0 saturated heterocycles. The van der Waals surface area contributed by atoms with Gasteiger partial charge in [0.2, 0.25) is 0 Å². The van der Waals surface area contributed by atoms with Gasteiger partial charge in [0, 0.05) is 24.8 Å². The first-order valence-electron chi connectivity index (χ1n) is 6.80. The van der Waals surface area contributed by atoms with Gasteiger partial charge in [0.15, 0.2) is 5.82 Å². The Bertz CT molecular complexity index is 424. The molecule has 2 rings (SSSR count). The van der Waals surface area contributed by atoms with Crippen molar-refractivity contribution in [2.75, 3.05) is 26.0 Å². The van der Waals surface area contributed by atoms with Crippen molar-refractivity contribution in [3.63, 3.8) is 0 Å². The zero-order valence-electron chi connectivity index (χ0n) is 11.9. The molecule has 6 nitrogen and oxygen atoms in total. The van der Waals surface area contributed by atoms with Crippen molar-refractivity contribution >= 4 is 11.8 Å². The number of anilines is 1. The predicted molar refractivity (Wildman–Crippen MR) is 75.1 cm³/mol. The summed E-state index contributed by atoms with van der Waals surface area (Å²) in [6.07, 6.45) is 4.32. The van der Waals surface area contributed by atoms with Gasteiger partial charge in [-0.05, 0) is 39.8 Å². The summed E-state index contributed by atoms with van der Waals surface area (Å²) in [6.45, 7) is 3.79. The lowest BCUT2D eigenvalue weighted by Gasteiger charge is -2.12. The number of amides is 2. The number of hydrogen-bond acceptors (Lipinski definition) is 3. The molecule has 0 bridgehead atoms. The first kappa shape index (κ1) is 13.9. The lowest BCUT2D eigenvalue weighted by molar-refractivity contribution is 0.248. The molecular weight excluding hydrogens is 242 g/mol. The minimum Gasteiger partial charge on any atom is -0.335 e. The van der Waals surface area contributed by atoms with Crippen LogP contribution in [0.1, 0.15) is 19.8 Å². The summed E-state index contributed by atoms with van der Waals surface area (Å²) in [6, 6.07) is 1.89. The van der Waals surface area contributed by atoms with E-state index in [-0.39, 0.29) is 12.1 Å². The van der Waals surface area contributed by atoms with E-state index in [0.717, 1.165) is 13.1 Å². The number of nitrogens with one attached hydrogen (secondary N) is 2. The van der Waals surface area contributed by atoms with Crippen LogP contribution in [0.3, 0.4) is 0 Å². The molecule has 1 aliphatic rings. The van der Waals surface area contributed by atoms with E-state index in [1.807, 2.05) is 38.0 Å². The van der Waals surface area contributed by atoms with Gasteiger partial charge in [0.25, 0.3) is 0 Å². The fourth-order valence-electron chi connectivity index (χ4n) is 1.93. The molecule has 1 aliphatic carbocycles. The fourth-order valence-corrected chi connectivity index (χ4v) is 1.93. The van der Waals surface area contributed by atoms with Crippen molar-refractivity contribution < 1.29 is 4.79 Å². The Balaban J connectivity index is 1.76. The smallest absolute Gasteiger partial charge is 0.320 e. The van der Waals surface area contributed by atoms with Gasteiger partial charge in [-0.2, -0.15) is 5.10 Å². The SMILES string of the molecule is C[C@@H](NC(=O)Nc1ccn(CCN(C)C)n1)C1CC1. The molecule has 0 spiro atoms. The molecular formula is C13H23N5O. The number of hydrogen-bond donors (Lipinski definition) is 2. The van der Waals surface area contributed by atoms with Gasteiger partial charge in [-0.1, -0.05) is 0 Å². The lowest BCUT2D eigenvalue weighted by atomic mass is 10.2. The van der Waals surface area contributed by atoms with Gasteiger partial charge in [0.05, 0.1) is 6.54 Å². The van der Waals surface area contributed by atoms with E-state index in [2.05, 4.69) is 20.6 Å². The highest BCUT2D eigenvalue weighted by Gasteiger charge is 2.28. The van der Waals surface area contributed by atoms with E-state index < -0.39 is 0 Å². The number of likely N-dealkylation sites (N-methyl/N-ethyl adjacent to an activating group) is 1. The van der Waals surface area contributed by atoms with Gasteiger partial charge in [0.1, 0.15) is 0 Å². The summed E-state index contributed by atoms with van der Waals surface area (Å²) in [5.74, 6) is 1.25. The van der Waals surface area contributed by atoms with Crippen LogP contribution in [-0.2, 0) is 6.54 Å². The van der Waals surface area contributed by atoms with Crippen LogP contribution in [0.4, 0.5) is 10.6 Å². The highest BCUT2D eigenvalue weighted by atomic mass is 16.2. The molecule has 2 amide bonds. The third-order valence-corrected chi connectivity index (χ3v) is 3.35. The summed E-state index contributed by atoms with van der Waals surface area (Å²) in [4.78, 5) is 13.8. The first-order chi connectivity index (χ1) is 9.04. The summed E-state index contributed by atoms with van der Waals surface area (Å²) in [7, 11) is 4.05. The molecule has 0 unspecified atom stereocenters. The van der Waals surface area contributed by atoms with Gasteiger partial charge in [-0.15, -0.1) is 0 Å². The topological polar surface area (TPSA) is 62.2 Å². The van der Waals surface area contributed by atoms with Gasteiger partial charge in [-0.3, -0.25) is 10.00 Å². The molecule has 0 aromatic carbocycles. The summed E-state index contributed by atoms with van der Waals surface area (Å²) < 4.78 is 1.83. The highest BCUT2D eigenvalue weighted by Crippen LogP contribution is 2.32. The number of carbonyl (C=O) groups is 1. The Morgan fingerprint density at radius 1 is 1.58 bits per heavy atom. The van der Waals surface area contributed by atoms with Gasteiger partial charge in [-0.25, -0.2) is 4.79 Å². The lowest BCUT2D eigenvalue weighted by Crippen LogP contribution is -2.37. The van der Waals surface area contributed by atoms with Crippen LogP contribution >= 0.6 is 0 Å².